The van der Waals surface area contributed by atoms with Crippen molar-refractivity contribution in [3.05, 3.63) is 24.5 Å². The summed E-state index contributed by atoms with van der Waals surface area (Å²) in [6.45, 7) is 5.42. The lowest BCUT2D eigenvalue weighted by atomic mass is 10.3. The van der Waals surface area contributed by atoms with Gasteiger partial charge in [-0.3, -0.25) is 0 Å². The van der Waals surface area contributed by atoms with Gasteiger partial charge in [0.2, 0.25) is 0 Å². The first kappa shape index (κ1) is 7.28. The van der Waals surface area contributed by atoms with Crippen LogP contribution in [0.15, 0.2) is 24.5 Å². The number of aliphatic hydroxyl groups is 1. The van der Waals surface area contributed by atoms with Crippen LogP contribution in [-0.2, 0) is 0 Å². The summed E-state index contributed by atoms with van der Waals surface area (Å²) in [7, 11) is 0. The third-order valence-electron chi connectivity index (χ3n) is 0.882. The zero-order chi connectivity index (χ0) is 6.41. The highest BCUT2D eigenvalue weighted by Crippen LogP contribution is 1.95. The molecule has 0 atom stereocenters. The molecular formula is C7H12O. The first-order chi connectivity index (χ1) is 3.81. The van der Waals surface area contributed by atoms with Crippen LogP contribution in [0, 0.1) is 0 Å². The molecule has 0 unspecified atom stereocenters. The molecule has 0 saturated heterocycles. The zero-order valence-corrected chi connectivity index (χ0v) is 5.22. The second kappa shape index (κ2) is 4.44. The van der Waals surface area contributed by atoms with Crippen molar-refractivity contribution in [1.29, 1.82) is 0 Å². The van der Waals surface area contributed by atoms with Crippen molar-refractivity contribution in [2.45, 2.75) is 19.8 Å². The molecule has 0 bridgehead atoms. The van der Waals surface area contributed by atoms with Gasteiger partial charge in [-0.15, -0.1) is 6.58 Å². The van der Waals surface area contributed by atoms with Gasteiger partial charge in [-0.05, 0) is 12.5 Å². The van der Waals surface area contributed by atoms with Crippen molar-refractivity contribution in [2.24, 2.45) is 0 Å². The van der Waals surface area contributed by atoms with E-state index >= 15 is 0 Å². The molecule has 8 heavy (non-hydrogen) atoms. The van der Waals surface area contributed by atoms with Crippen LogP contribution in [0.2, 0.25) is 0 Å². The second-order valence-corrected chi connectivity index (χ2v) is 1.57. The summed E-state index contributed by atoms with van der Waals surface area (Å²) in [5.74, 6) is 0.449. The molecule has 0 radical (unpaired) electrons. The molecule has 0 rings (SSSR count). The molecule has 1 nitrogen and oxygen atoms in total. The minimum absolute atomic E-state index is 0.449. The van der Waals surface area contributed by atoms with Gasteiger partial charge in [-0.2, -0.15) is 0 Å². The van der Waals surface area contributed by atoms with Crippen LogP contribution in [0.1, 0.15) is 19.8 Å². The fourth-order valence-electron chi connectivity index (χ4n) is 0.364. The molecule has 0 spiro atoms. The first-order valence-electron chi connectivity index (χ1n) is 2.80. The Hall–Kier alpha value is -0.720. The molecule has 0 aliphatic heterocycles. The Morgan fingerprint density at radius 3 is 2.75 bits per heavy atom. The fraction of sp³-hybridized carbons (Fsp3) is 0.429. The van der Waals surface area contributed by atoms with Crippen LogP contribution in [0.25, 0.3) is 0 Å². The summed E-state index contributed by atoms with van der Waals surface area (Å²) in [4.78, 5) is 0. The highest BCUT2D eigenvalue weighted by molar-refractivity contribution is 4.93. The van der Waals surface area contributed by atoms with Crippen LogP contribution in [-0.4, -0.2) is 5.11 Å². The lowest BCUT2D eigenvalue weighted by molar-refractivity contribution is 0.392. The van der Waals surface area contributed by atoms with Gasteiger partial charge in [0, 0.05) is 6.42 Å². The molecule has 0 fully saturated rings. The predicted molar refractivity (Wildman–Crippen MR) is 35.8 cm³/mol. The van der Waals surface area contributed by atoms with E-state index < -0.39 is 0 Å². The van der Waals surface area contributed by atoms with Crippen LogP contribution in [0.3, 0.4) is 0 Å². The van der Waals surface area contributed by atoms with Crippen LogP contribution in [0.4, 0.5) is 0 Å². The van der Waals surface area contributed by atoms with Crippen molar-refractivity contribution in [3.63, 3.8) is 0 Å². The van der Waals surface area contributed by atoms with Crippen molar-refractivity contribution in [1.82, 2.24) is 0 Å². The smallest absolute Gasteiger partial charge is 0.0883 e. The van der Waals surface area contributed by atoms with E-state index in [0.29, 0.717) is 12.2 Å². The molecule has 0 aromatic carbocycles. The Balaban J connectivity index is 3.40. The third-order valence-corrected chi connectivity index (χ3v) is 0.882. The van der Waals surface area contributed by atoms with Gasteiger partial charge in [-0.25, -0.2) is 0 Å². The maximum atomic E-state index is 8.80. The second-order valence-electron chi connectivity index (χ2n) is 1.57. The molecule has 0 saturated carbocycles. The molecule has 0 aliphatic carbocycles. The first-order valence-corrected chi connectivity index (χ1v) is 2.80. The average molecular weight is 112 g/mol. The standard InChI is InChI=1S/C7H12O/c1-3-5-6-7(8)4-2/h3,6,8H,1,4-5H2,2H3/b7-6+. The summed E-state index contributed by atoms with van der Waals surface area (Å²) in [6, 6.07) is 0. The molecular weight excluding hydrogens is 100 g/mol. The maximum Gasteiger partial charge on any atom is 0.0883 e. The van der Waals surface area contributed by atoms with Crippen molar-refractivity contribution in [2.75, 3.05) is 0 Å². The summed E-state index contributed by atoms with van der Waals surface area (Å²) in [6.07, 6.45) is 4.99. The van der Waals surface area contributed by atoms with Gasteiger partial charge in [-0.1, -0.05) is 13.0 Å². The number of hydrogen-bond acceptors (Lipinski definition) is 1. The highest BCUT2D eigenvalue weighted by atomic mass is 16.3. The van der Waals surface area contributed by atoms with Gasteiger partial charge in [0.1, 0.15) is 0 Å². The normalized spacial score (nSPS) is 11.4. The van der Waals surface area contributed by atoms with Gasteiger partial charge >= 0.3 is 0 Å². The van der Waals surface area contributed by atoms with E-state index in [0.717, 1.165) is 6.42 Å². The van der Waals surface area contributed by atoms with Gasteiger partial charge in [0.05, 0.1) is 5.76 Å². The van der Waals surface area contributed by atoms with Crippen LogP contribution in [0.5, 0.6) is 0 Å². The van der Waals surface area contributed by atoms with Gasteiger partial charge < -0.3 is 5.11 Å². The highest BCUT2D eigenvalue weighted by Gasteiger charge is 1.81. The predicted octanol–water partition coefficient (Wildman–Crippen LogP) is 2.41. The Kier molecular flexibility index (Phi) is 4.04. The number of allylic oxidation sites excluding steroid dienone is 3. The molecule has 1 N–H and O–H groups in total. The molecule has 0 heterocycles. The van der Waals surface area contributed by atoms with E-state index in [9.17, 15) is 0 Å². The van der Waals surface area contributed by atoms with E-state index in [4.69, 9.17) is 5.11 Å². The Morgan fingerprint density at radius 2 is 2.38 bits per heavy atom. The molecule has 46 valence electrons. The zero-order valence-electron chi connectivity index (χ0n) is 5.22. The third kappa shape index (κ3) is 3.47. The number of hydrogen-bond donors (Lipinski definition) is 1. The minimum atomic E-state index is 0.449. The lowest BCUT2D eigenvalue weighted by Gasteiger charge is -1.88. The summed E-state index contributed by atoms with van der Waals surface area (Å²) in [5, 5.41) is 8.80. The Labute approximate surface area is 50.3 Å². The molecule has 1 heteroatoms. The van der Waals surface area contributed by atoms with E-state index in [1.165, 1.54) is 0 Å². The molecule has 0 aliphatic rings. The molecule has 0 aromatic rings. The van der Waals surface area contributed by atoms with E-state index in [1.54, 1.807) is 12.2 Å². The van der Waals surface area contributed by atoms with E-state index in [-0.39, 0.29) is 0 Å². The number of rotatable bonds is 3. The Bertz CT molecular complexity index is 92.6. The molecule has 0 aromatic heterocycles. The van der Waals surface area contributed by atoms with Crippen molar-refractivity contribution in [3.8, 4) is 0 Å². The fourth-order valence-corrected chi connectivity index (χ4v) is 0.364. The summed E-state index contributed by atoms with van der Waals surface area (Å²) >= 11 is 0. The van der Waals surface area contributed by atoms with E-state index in [2.05, 4.69) is 6.58 Å². The van der Waals surface area contributed by atoms with Crippen molar-refractivity contribution < 1.29 is 5.11 Å². The van der Waals surface area contributed by atoms with Gasteiger partial charge in [0.25, 0.3) is 0 Å². The Morgan fingerprint density at radius 1 is 1.75 bits per heavy atom. The summed E-state index contributed by atoms with van der Waals surface area (Å²) < 4.78 is 0. The topological polar surface area (TPSA) is 20.2 Å². The quantitative estimate of drug-likeness (QED) is 0.439. The lowest BCUT2D eigenvalue weighted by Crippen LogP contribution is -1.73. The van der Waals surface area contributed by atoms with Crippen molar-refractivity contribution >= 4 is 0 Å². The van der Waals surface area contributed by atoms with Crippen LogP contribution < -0.4 is 0 Å². The minimum Gasteiger partial charge on any atom is -0.513 e. The monoisotopic (exact) mass is 112 g/mol. The SMILES string of the molecule is C=CC/C=C(/O)CC. The number of aliphatic hydroxyl groups excluding tert-OH is 1. The maximum absolute atomic E-state index is 8.80. The van der Waals surface area contributed by atoms with Gasteiger partial charge in [0.15, 0.2) is 0 Å². The van der Waals surface area contributed by atoms with Crippen LogP contribution >= 0.6 is 0 Å². The summed E-state index contributed by atoms with van der Waals surface area (Å²) in [5.41, 5.74) is 0. The van der Waals surface area contributed by atoms with E-state index in [1.807, 2.05) is 6.92 Å². The molecule has 0 amide bonds. The largest absolute Gasteiger partial charge is 0.513 e. The average Bonchev–Trinajstić information content (AvgIpc) is 1.83.